The van der Waals surface area contributed by atoms with Crippen LogP contribution in [0.4, 0.5) is 0 Å². The number of hydrogen-bond donors (Lipinski definition) is 2. The first-order chi connectivity index (χ1) is 7.59. The summed E-state index contributed by atoms with van der Waals surface area (Å²) >= 11 is 1.53. The van der Waals surface area contributed by atoms with Gasteiger partial charge in [0.05, 0.1) is 5.69 Å². The minimum absolute atomic E-state index is 0.0269. The Morgan fingerprint density at radius 1 is 1.62 bits per heavy atom. The van der Waals surface area contributed by atoms with Crippen molar-refractivity contribution in [1.29, 1.82) is 0 Å². The Hall–Kier alpha value is -1.82. The van der Waals surface area contributed by atoms with Crippen LogP contribution in [0, 0.1) is 0 Å². The molecule has 0 aliphatic rings. The number of nitrogens with zero attached hydrogens (tertiary/aromatic N) is 1. The third kappa shape index (κ3) is 1.79. The average molecular weight is 238 g/mol. The van der Waals surface area contributed by atoms with E-state index >= 15 is 0 Å². The second-order valence-corrected chi connectivity index (χ2v) is 4.40. The molecule has 0 aliphatic heterocycles. The molecule has 5 nitrogen and oxygen atoms in total. The van der Waals surface area contributed by atoms with E-state index in [4.69, 9.17) is 5.11 Å². The predicted molar refractivity (Wildman–Crippen MR) is 60.1 cm³/mol. The standard InChI is InChI=1S/C10H10N2O3S/c1-12-7(5-6-3-2-4-16-6)8(9(13)14)11-10(12)15/h2-4H,5H2,1H3,(H,11,15)(H,13,14). The van der Waals surface area contributed by atoms with Crippen LogP contribution in [0.3, 0.4) is 0 Å². The van der Waals surface area contributed by atoms with E-state index in [1.165, 1.54) is 15.9 Å². The molecule has 16 heavy (non-hydrogen) atoms. The van der Waals surface area contributed by atoms with Crippen LogP contribution in [0.5, 0.6) is 0 Å². The lowest BCUT2D eigenvalue weighted by Crippen LogP contribution is -2.14. The monoisotopic (exact) mass is 238 g/mol. The van der Waals surface area contributed by atoms with E-state index < -0.39 is 11.7 Å². The molecule has 0 radical (unpaired) electrons. The van der Waals surface area contributed by atoms with Crippen molar-refractivity contribution in [3.05, 3.63) is 44.3 Å². The van der Waals surface area contributed by atoms with E-state index in [0.717, 1.165) is 4.88 Å². The molecular weight excluding hydrogens is 228 g/mol. The fourth-order valence-corrected chi connectivity index (χ4v) is 2.22. The number of imidazole rings is 1. The third-order valence-electron chi connectivity index (χ3n) is 2.37. The highest BCUT2D eigenvalue weighted by molar-refractivity contribution is 7.09. The van der Waals surface area contributed by atoms with Gasteiger partial charge in [-0.05, 0) is 11.4 Å². The average Bonchev–Trinajstić information content (AvgIpc) is 2.81. The zero-order chi connectivity index (χ0) is 11.7. The highest BCUT2D eigenvalue weighted by atomic mass is 32.1. The van der Waals surface area contributed by atoms with Gasteiger partial charge >= 0.3 is 11.7 Å². The lowest BCUT2D eigenvalue weighted by molar-refractivity contribution is 0.0689. The topological polar surface area (TPSA) is 75.1 Å². The molecule has 0 spiro atoms. The number of hydrogen-bond acceptors (Lipinski definition) is 3. The second-order valence-electron chi connectivity index (χ2n) is 3.37. The normalized spacial score (nSPS) is 10.6. The number of carboxylic acid groups (broad SMARTS) is 1. The van der Waals surface area contributed by atoms with Crippen LogP contribution in [0.2, 0.25) is 0 Å². The zero-order valence-electron chi connectivity index (χ0n) is 8.56. The van der Waals surface area contributed by atoms with E-state index in [2.05, 4.69) is 4.98 Å². The molecule has 0 unspecified atom stereocenters. The highest BCUT2D eigenvalue weighted by Gasteiger charge is 2.17. The van der Waals surface area contributed by atoms with Crippen LogP contribution in [-0.2, 0) is 13.5 Å². The Labute approximate surface area is 95.0 Å². The first kappa shape index (κ1) is 10.7. The van der Waals surface area contributed by atoms with Crippen molar-refractivity contribution < 1.29 is 9.90 Å². The Morgan fingerprint density at radius 2 is 2.38 bits per heavy atom. The third-order valence-corrected chi connectivity index (χ3v) is 3.24. The summed E-state index contributed by atoms with van der Waals surface area (Å²) in [7, 11) is 1.56. The molecule has 84 valence electrons. The van der Waals surface area contributed by atoms with Crippen LogP contribution in [0.15, 0.2) is 22.3 Å². The van der Waals surface area contributed by atoms with Crippen LogP contribution in [0.1, 0.15) is 21.1 Å². The second kappa shape index (κ2) is 3.97. The van der Waals surface area contributed by atoms with Gasteiger partial charge in [-0.1, -0.05) is 6.07 Å². The van der Waals surface area contributed by atoms with E-state index in [-0.39, 0.29) is 5.69 Å². The smallest absolute Gasteiger partial charge is 0.354 e. The van der Waals surface area contributed by atoms with E-state index in [0.29, 0.717) is 12.1 Å². The summed E-state index contributed by atoms with van der Waals surface area (Å²) in [6, 6.07) is 3.80. The summed E-state index contributed by atoms with van der Waals surface area (Å²) in [5.74, 6) is -1.11. The molecule has 0 bridgehead atoms. The van der Waals surface area contributed by atoms with Crippen molar-refractivity contribution >= 4 is 17.3 Å². The minimum atomic E-state index is -1.11. The van der Waals surface area contributed by atoms with Crippen LogP contribution in [0.25, 0.3) is 0 Å². The van der Waals surface area contributed by atoms with Gasteiger partial charge in [0.1, 0.15) is 5.69 Å². The Kier molecular flexibility index (Phi) is 2.66. The summed E-state index contributed by atoms with van der Waals surface area (Å²) in [6.45, 7) is 0. The molecule has 0 saturated carbocycles. The Bertz CT molecular complexity index is 565. The quantitative estimate of drug-likeness (QED) is 0.839. The number of carboxylic acids is 1. The van der Waals surface area contributed by atoms with Gasteiger partial charge in [-0.15, -0.1) is 11.3 Å². The largest absolute Gasteiger partial charge is 0.477 e. The number of nitrogens with one attached hydrogen (secondary N) is 1. The molecule has 0 amide bonds. The SMILES string of the molecule is Cn1c(Cc2cccs2)c(C(=O)O)[nH]c1=O. The van der Waals surface area contributed by atoms with Crippen LogP contribution < -0.4 is 5.69 Å². The Balaban J connectivity index is 2.46. The van der Waals surface area contributed by atoms with E-state index in [1.807, 2.05) is 17.5 Å². The zero-order valence-corrected chi connectivity index (χ0v) is 9.37. The van der Waals surface area contributed by atoms with Gasteiger partial charge in [-0.25, -0.2) is 9.59 Å². The first-order valence-electron chi connectivity index (χ1n) is 4.63. The highest BCUT2D eigenvalue weighted by Crippen LogP contribution is 2.15. The molecule has 2 N–H and O–H groups in total. The summed E-state index contributed by atoms with van der Waals surface area (Å²) in [4.78, 5) is 25.6. The minimum Gasteiger partial charge on any atom is -0.477 e. The summed E-state index contributed by atoms with van der Waals surface area (Å²) in [5.41, 5.74) is 0.0739. The number of aromatic nitrogens is 2. The molecule has 6 heteroatoms. The number of aromatic carboxylic acids is 1. The maximum atomic E-state index is 11.3. The maximum absolute atomic E-state index is 11.3. The molecule has 0 aliphatic carbocycles. The first-order valence-corrected chi connectivity index (χ1v) is 5.51. The van der Waals surface area contributed by atoms with Crippen molar-refractivity contribution in [2.45, 2.75) is 6.42 Å². The summed E-state index contributed by atoms with van der Waals surface area (Å²) in [6.07, 6.45) is 0.453. The lowest BCUT2D eigenvalue weighted by Gasteiger charge is -2.01. The molecule has 0 saturated heterocycles. The van der Waals surface area contributed by atoms with Gasteiger partial charge in [0.2, 0.25) is 0 Å². The number of thiophene rings is 1. The predicted octanol–water partition coefficient (Wildman–Crippen LogP) is 1.06. The van der Waals surface area contributed by atoms with Crippen LogP contribution in [-0.4, -0.2) is 20.6 Å². The lowest BCUT2D eigenvalue weighted by atomic mass is 10.2. The molecule has 2 heterocycles. The van der Waals surface area contributed by atoms with Gasteiger partial charge in [-0.3, -0.25) is 9.55 Å². The van der Waals surface area contributed by atoms with Crippen molar-refractivity contribution in [2.24, 2.45) is 7.05 Å². The molecule has 0 aromatic carbocycles. The fourth-order valence-electron chi connectivity index (χ4n) is 1.52. The fraction of sp³-hybridized carbons (Fsp3) is 0.200. The number of aromatic amines is 1. The molecule has 2 aromatic heterocycles. The van der Waals surface area contributed by atoms with Gasteiger partial charge in [0.25, 0.3) is 0 Å². The van der Waals surface area contributed by atoms with Gasteiger partial charge in [0.15, 0.2) is 0 Å². The Morgan fingerprint density at radius 3 is 2.94 bits per heavy atom. The number of carbonyl (C=O) groups is 1. The summed E-state index contributed by atoms with van der Waals surface area (Å²) in [5, 5.41) is 10.9. The van der Waals surface area contributed by atoms with Gasteiger partial charge in [-0.2, -0.15) is 0 Å². The van der Waals surface area contributed by atoms with Crippen molar-refractivity contribution in [3.8, 4) is 0 Å². The van der Waals surface area contributed by atoms with Gasteiger partial charge in [0, 0.05) is 18.3 Å². The molecule has 0 atom stereocenters. The van der Waals surface area contributed by atoms with Crippen molar-refractivity contribution in [1.82, 2.24) is 9.55 Å². The van der Waals surface area contributed by atoms with Crippen molar-refractivity contribution in [2.75, 3.05) is 0 Å². The van der Waals surface area contributed by atoms with Crippen LogP contribution >= 0.6 is 11.3 Å². The van der Waals surface area contributed by atoms with Crippen molar-refractivity contribution in [3.63, 3.8) is 0 Å². The van der Waals surface area contributed by atoms with Gasteiger partial charge < -0.3 is 5.11 Å². The van der Waals surface area contributed by atoms with E-state index in [9.17, 15) is 9.59 Å². The number of rotatable bonds is 3. The molecule has 2 rings (SSSR count). The summed E-state index contributed by atoms with van der Waals surface area (Å²) < 4.78 is 1.34. The van der Waals surface area contributed by atoms with E-state index in [1.54, 1.807) is 7.05 Å². The molecular formula is C10H10N2O3S. The molecule has 2 aromatic rings. The maximum Gasteiger partial charge on any atom is 0.354 e. The molecule has 0 fully saturated rings. The number of H-pyrrole nitrogens is 1.